The van der Waals surface area contributed by atoms with Crippen molar-refractivity contribution in [2.45, 2.75) is 19.9 Å². The number of para-hydroxylation sites is 3. The van der Waals surface area contributed by atoms with Gasteiger partial charge in [-0.1, -0.05) is 42.5 Å². The van der Waals surface area contributed by atoms with Crippen LogP contribution in [0.2, 0.25) is 0 Å². The van der Waals surface area contributed by atoms with Crippen molar-refractivity contribution in [3.63, 3.8) is 0 Å². The van der Waals surface area contributed by atoms with Gasteiger partial charge in [-0.15, -0.1) is 0 Å². The van der Waals surface area contributed by atoms with Crippen molar-refractivity contribution in [2.75, 3.05) is 20.4 Å². The molecule has 3 aromatic carbocycles. The van der Waals surface area contributed by atoms with Gasteiger partial charge in [0, 0.05) is 29.7 Å². The topological polar surface area (TPSA) is 84.6 Å². The molecule has 0 amide bonds. The number of benzene rings is 3. The lowest BCUT2D eigenvalue weighted by Crippen LogP contribution is -2.35. The van der Waals surface area contributed by atoms with Gasteiger partial charge >= 0.3 is 5.97 Å². The maximum atomic E-state index is 11.4. The number of carbonyl (C=O) groups is 1. The Morgan fingerprint density at radius 1 is 0.972 bits per heavy atom. The number of rotatable bonds is 6. The minimum absolute atomic E-state index is 0.334. The minimum atomic E-state index is -0.334. The summed E-state index contributed by atoms with van der Waals surface area (Å²) < 4.78 is 14.8. The van der Waals surface area contributed by atoms with E-state index in [2.05, 4.69) is 40.7 Å². The SMILES string of the molecule is COC(=O)c1ccc(CNC(=S)NCCc2c(C)[nH]c3ccccc23)cc1.c1ccc2c(c1)OCO2. The number of hydrogen-bond acceptors (Lipinski definition) is 5. The number of aryl methyl sites for hydroxylation is 1. The number of H-pyrrole nitrogens is 1. The van der Waals surface area contributed by atoms with Gasteiger partial charge in [0.1, 0.15) is 0 Å². The normalized spacial score (nSPS) is 11.4. The van der Waals surface area contributed by atoms with Crippen molar-refractivity contribution < 1.29 is 19.0 Å². The molecule has 8 heteroatoms. The predicted molar refractivity (Wildman–Crippen MR) is 145 cm³/mol. The smallest absolute Gasteiger partial charge is 0.337 e. The molecule has 0 saturated heterocycles. The number of esters is 1. The molecule has 0 atom stereocenters. The summed E-state index contributed by atoms with van der Waals surface area (Å²) in [5.41, 5.74) is 5.26. The lowest BCUT2D eigenvalue weighted by molar-refractivity contribution is 0.0600. The third-order valence-electron chi connectivity index (χ3n) is 5.79. The molecule has 36 heavy (non-hydrogen) atoms. The van der Waals surface area contributed by atoms with E-state index in [1.54, 1.807) is 12.1 Å². The highest BCUT2D eigenvalue weighted by molar-refractivity contribution is 7.80. The molecule has 0 spiro atoms. The maximum absolute atomic E-state index is 11.4. The van der Waals surface area contributed by atoms with Crippen molar-refractivity contribution in [2.24, 2.45) is 0 Å². The van der Waals surface area contributed by atoms with Gasteiger partial charge in [-0.3, -0.25) is 0 Å². The van der Waals surface area contributed by atoms with Crippen LogP contribution in [0.1, 0.15) is 27.2 Å². The highest BCUT2D eigenvalue weighted by Crippen LogP contribution is 2.30. The summed E-state index contributed by atoms with van der Waals surface area (Å²) in [5.74, 6) is 1.36. The Morgan fingerprint density at radius 3 is 2.33 bits per heavy atom. The fourth-order valence-corrected chi connectivity index (χ4v) is 4.10. The van der Waals surface area contributed by atoms with E-state index in [1.807, 2.05) is 42.5 Å². The van der Waals surface area contributed by atoms with Crippen LogP contribution in [0.5, 0.6) is 11.5 Å². The molecular formula is C28H29N3O4S. The van der Waals surface area contributed by atoms with Gasteiger partial charge in [-0.2, -0.15) is 0 Å². The van der Waals surface area contributed by atoms with Crippen LogP contribution in [0.25, 0.3) is 10.9 Å². The number of hydrogen-bond donors (Lipinski definition) is 3. The Bertz CT molecular complexity index is 1310. The second-order valence-electron chi connectivity index (χ2n) is 8.18. The van der Waals surface area contributed by atoms with Crippen LogP contribution in [0.4, 0.5) is 0 Å². The molecule has 3 N–H and O–H groups in total. The van der Waals surface area contributed by atoms with Gasteiger partial charge in [-0.05, 0) is 67.0 Å². The highest BCUT2D eigenvalue weighted by atomic mass is 32.1. The van der Waals surface area contributed by atoms with Crippen LogP contribution in [-0.4, -0.2) is 36.5 Å². The van der Waals surface area contributed by atoms with E-state index < -0.39 is 0 Å². The zero-order valence-electron chi connectivity index (χ0n) is 20.3. The second-order valence-corrected chi connectivity index (χ2v) is 8.58. The maximum Gasteiger partial charge on any atom is 0.337 e. The number of aromatic nitrogens is 1. The molecule has 0 fully saturated rings. The predicted octanol–water partition coefficient (Wildman–Crippen LogP) is 4.89. The first-order valence-electron chi connectivity index (χ1n) is 11.6. The molecular weight excluding hydrogens is 474 g/mol. The molecule has 0 unspecified atom stereocenters. The molecule has 4 aromatic rings. The summed E-state index contributed by atoms with van der Waals surface area (Å²) in [7, 11) is 1.37. The van der Waals surface area contributed by atoms with E-state index >= 15 is 0 Å². The third kappa shape index (κ3) is 6.34. The number of fused-ring (bicyclic) bond motifs is 2. The summed E-state index contributed by atoms with van der Waals surface area (Å²) in [6.07, 6.45) is 0.894. The summed E-state index contributed by atoms with van der Waals surface area (Å²) in [5, 5.41) is 8.32. The third-order valence-corrected chi connectivity index (χ3v) is 6.08. The molecule has 2 heterocycles. The van der Waals surface area contributed by atoms with Gasteiger partial charge in [0.15, 0.2) is 16.6 Å². The first-order valence-corrected chi connectivity index (χ1v) is 12.1. The molecule has 7 nitrogen and oxygen atoms in total. The lowest BCUT2D eigenvalue weighted by atomic mass is 10.1. The van der Waals surface area contributed by atoms with E-state index in [-0.39, 0.29) is 5.97 Å². The zero-order valence-corrected chi connectivity index (χ0v) is 21.1. The Labute approximate surface area is 215 Å². The summed E-state index contributed by atoms with van der Waals surface area (Å²) in [6, 6.07) is 23.2. The summed E-state index contributed by atoms with van der Waals surface area (Å²) >= 11 is 5.36. The van der Waals surface area contributed by atoms with Crippen LogP contribution in [-0.2, 0) is 17.7 Å². The Balaban J connectivity index is 0.000000280. The molecule has 0 saturated carbocycles. The van der Waals surface area contributed by atoms with Crippen LogP contribution < -0.4 is 20.1 Å². The standard InChI is InChI=1S/C21H23N3O2S.C7H6O2/c1-14-17(18-5-3-4-6-19(18)24-14)11-12-22-21(27)23-13-15-7-9-16(10-8-15)20(25)26-2;1-2-4-7-6(3-1)8-5-9-7/h3-10,24H,11-13H2,1-2H3,(H2,22,23,27);1-4H,5H2. The molecule has 1 aliphatic heterocycles. The van der Waals surface area contributed by atoms with Gasteiger partial charge in [0.25, 0.3) is 0 Å². The number of methoxy groups -OCH3 is 1. The average Bonchev–Trinajstić information content (AvgIpc) is 3.52. The number of aromatic amines is 1. The van der Waals surface area contributed by atoms with E-state index in [0.717, 1.165) is 30.0 Å². The number of nitrogens with one attached hydrogen (secondary N) is 3. The summed E-state index contributed by atoms with van der Waals surface area (Å²) in [4.78, 5) is 14.9. The van der Waals surface area contributed by atoms with Crippen molar-refractivity contribution in [3.05, 3.63) is 95.2 Å². The monoisotopic (exact) mass is 503 g/mol. The summed E-state index contributed by atoms with van der Waals surface area (Å²) in [6.45, 7) is 3.82. The van der Waals surface area contributed by atoms with Crippen LogP contribution >= 0.6 is 12.2 Å². The Kier molecular flexibility index (Phi) is 8.41. The van der Waals surface area contributed by atoms with E-state index in [9.17, 15) is 4.79 Å². The molecule has 0 bridgehead atoms. The average molecular weight is 504 g/mol. The number of ether oxygens (including phenoxy) is 3. The van der Waals surface area contributed by atoms with E-state index in [1.165, 1.54) is 29.3 Å². The van der Waals surface area contributed by atoms with E-state index in [0.29, 0.717) is 24.0 Å². The largest absolute Gasteiger partial charge is 0.465 e. The van der Waals surface area contributed by atoms with Crippen LogP contribution in [0.15, 0.2) is 72.8 Å². The Morgan fingerprint density at radius 2 is 1.64 bits per heavy atom. The molecule has 0 aliphatic carbocycles. The van der Waals surface area contributed by atoms with Crippen molar-refractivity contribution >= 4 is 34.2 Å². The van der Waals surface area contributed by atoms with Gasteiger partial charge < -0.3 is 29.8 Å². The van der Waals surface area contributed by atoms with Crippen molar-refractivity contribution in [1.29, 1.82) is 0 Å². The first kappa shape index (κ1) is 25.1. The van der Waals surface area contributed by atoms with Crippen molar-refractivity contribution in [3.8, 4) is 11.5 Å². The zero-order chi connectivity index (χ0) is 25.3. The lowest BCUT2D eigenvalue weighted by Gasteiger charge is -2.11. The van der Waals surface area contributed by atoms with Crippen LogP contribution in [0, 0.1) is 6.92 Å². The number of carbonyl (C=O) groups excluding carboxylic acids is 1. The molecule has 5 rings (SSSR count). The van der Waals surface area contributed by atoms with Gasteiger partial charge in [-0.25, -0.2) is 4.79 Å². The van der Waals surface area contributed by atoms with Gasteiger partial charge in [0.2, 0.25) is 6.79 Å². The highest BCUT2D eigenvalue weighted by Gasteiger charge is 2.10. The van der Waals surface area contributed by atoms with Gasteiger partial charge in [0.05, 0.1) is 12.7 Å². The molecule has 186 valence electrons. The molecule has 1 aliphatic rings. The quantitative estimate of drug-likeness (QED) is 0.255. The van der Waals surface area contributed by atoms with E-state index in [4.69, 9.17) is 26.4 Å². The molecule has 0 radical (unpaired) electrons. The Hall–Kier alpha value is -4.04. The van der Waals surface area contributed by atoms with Crippen LogP contribution in [0.3, 0.4) is 0 Å². The fraction of sp³-hybridized carbons (Fsp3) is 0.214. The second kappa shape index (κ2) is 12.1. The molecule has 1 aromatic heterocycles. The minimum Gasteiger partial charge on any atom is -0.465 e. The van der Waals surface area contributed by atoms with Crippen molar-refractivity contribution in [1.82, 2.24) is 15.6 Å². The fourth-order valence-electron chi connectivity index (χ4n) is 3.92. The number of thiocarbonyl (C=S) groups is 1. The first-order chi connectivity index (χ1) is 17.5.